The molecule has 0 spiro atoms. The molecule has 0 aliphatic carbocycles. The van der Waals surface area contributed by atoms with Crippen molar-refractivity contribution in [3.05, 3.63) is 41.8 Å². The number of likely N-dealkylation sites (tertiary alicyclic amines) is 2. The molecule has 2 aliphatic rings. The van der Waals surface area contributed by atoms with Gasteiger partial charge >= 0.3 is 0 Å². The zero-order valence-electron chi connectivity index (χ0n) is 15.5. The van der Waals surface area contributed by atoms with Gasteiger partial charge in [-0.1, -0.05) is 0 Å². The predicted octanol–water partition coefficient (Wildman–Crippen LogP) is 2.29. The Balaban J connectivity index is 1.35. The summed E-state index contributed by atoms with van der Waals surface area (Å²) < 4.78 is 18.2. The Kier molecular flexibility index (Phi) is 5.22. The Morgan fingerprint density at radius 3 is 2.89 bits per heavy atom. The predicted molar refractivity (Wildman–Crippen MR) is 99.4 cm³/mol. The van der Waals surface area contributed by atoms with E-state index in [2.05, 4.69) is 15.1 Å². The standard InChI is InChI=1S/C20H25FN4O2/c1-27-9-7-19(26)25-13-16-12-24(8-6-18(16)25)11-15-10-22-23-20(15)14-2-4-17(21)5-3-14/h2-5,10,16,18H,6-9,11-13H2,1H3,(H,22,23)/t16-,18-/m0/s1. The Labute approximate surface area is 158 Å². The van der Waals surface area contributed by atoms with Gasteiger partial charge < -0.3 is 9.64 Å². The molecule has 1 aromatic heterocycles. The van der Waals surface area contributed by atoms with E-state index in [-0.39, 0.29) is 11.7 Å². The fraction of sp³-hybridized carbons (Fsp3) is 0.500. The summed E-state index contributed by atoms with van der Waals surface area (Å²) in [5.74, 6) is 0.517. The number of H-pyrrole nitrogens is 1. The number of carbonyl (C=O) groups is 1. The number of hydrogen-bond donors (Lipinski definition) is 1. The van der Waals surface area contributed by atoms with Crippen molar-refractivity contribution in [2.24, 2.45) is 5.92 Å². The third-order valence-corrected chi connectivity index (χ3v) is 5.69. The van der Waals surface area contributed by atoms with E-state index in [4.69, 9.17) is 4.74 Å². The molecule has 1 N–H and O–H groups in total. The Hall–Kier alpha value is -2.25. The number of carbonyl (C=O) groups excluding carboxylic acids is 1. The van der Waals surface area contributed by atoms with Gasteiger partial charge in [-0.25, -0.2) is 4.39 Å². The van der Waals surface area contributed by atoms with Crippen LogP contribution in [0.5, 0.6) is 0 Å². The second kappa shape index (κ2) is 7.78. The van der Waals surface area contributed by atoms with Crippen molar-refractivity contribution in [1.29, 1.82) is 0 Å². The van der Waals surface area contributed by atoms with Gasteiger partial charge in [0.25, 0.3) is 0 Å². The van der Waals surface area contributed by atoms with Gasteiger partial charge in [0, 0.05) is 56.4 Å². The topological polar surface area (TPSA) is 61.5 Å². The maximum Gasteiger partial charge on any atom is 0.225 e. The summed E-state index contributed by atoms with van der Waals surface area (Å²) in [5.41, 5.74) is 3.01. The van der Waals surface area contributed by atoms with Crippen LogP contribution in [0.1, 0.15) is 18.4 Å². The van der Waals surface area contributed by atoms with Crippen molar-refractivity contribution in [1.82, 2.24) is 20.0 Å². The Morgan fingerprint density at radius 1 is 1.33 bits per heavy atom. The summed E-state index contributed by atoms with van der Waals surface area (Å²) in [4.78, 5) is 16.6. The van der Waals surface area contributed by atoms with Crippen molar-refractivity contribution in [3.63, 3.8) is 0 Å². The zero-order chi connectivity index (χ0) is 18.8. The molecular formula is C20H25FN4O2. The average Bonchev–Trinajstić information content (AvgIpc) is 3.10. The van der Waals surface area contributed by atoms with Gasteiger partial charge in [0.15, 0.2) is 0 Å². The highest BCUT2D eigenvalue weighted by molar-refractivity contribution is 5.77. The van der Waals surface area contributed by atoms with E-state index in [9.17, 15) is 9.18 Å². The molecule has 2 saturated heterocycles. The number of benzene rings is 1. The molecule has 27 heavy (non-hydrogen) atoms. The molecule has 1 amide bonds. The largest absolute Gasteiger partial charge is 0.384 e. The minimum absolute atomic E-state index is 0.208. The number of piperidine rings is 1. The lowest BCUT2D eigenvalue weighted by Crippen LogP contribution is -2.64. The summed E-state index contributed by atoms with van der Waals surface area (Å²) in [6.07, 6.45) is 3.33. The van der Waals surface area contributed by atoms with Gasteiger partial charge in [-0.2, -0.15) is 5.10 Å². The normalized spacial score (nSPS) is 22.4. The van der Waals surface area contributed by atoms with E-state index < -0.39 is 0 Å². The molecule has 3 heterocycles. The quantitative estimate of drug-likeness (QED) is 0.845. The molecule has 2 aromatic rings. The lowest BCUT2D eigenvalue weighted by Gasteiger charge is -2.53. The van der Waals surface area contributed by atoms with Gasteiger partial charge in [0.2, 0.25) is 5.91 Å². The number of ether oxygens (including phenoxy) is 1. The second-order valence-electron chi connectivity index (χ2n) is 7.42. The molecule has 0 saturated carbocycles. The van der Waals surface area contributed by atoms with Crippen LogP contribution in [0.15, 0.2) is 30.5 Å². The molecule has 2 aliphatic heterocycles. The van der Waals surface area contributed by atoms with Crippen LogP contribution in [0.25, 0.3) is 11.3 Å². The number of aromatic nitrogens is 2. The maximum atomic E-state index is 13.2. The van der Waals surface area contributed by atoms with Gasteiger partial charge in [-0.05, 0) is 30.7 Å². The molecule has 6 nitrogen and oxygen atoms in total. The Bertz CT molecular complexity index is 792. The van der Waals surface area contributed by atoms with Crippen molar-refractivity contribution < 1.29 is 13.9 Å². The highest BCUT2D eigenvalue weighted by Crippen LogP contribution is 2.34. The number of methoxy groups -OCH3 is 1. The first-order valence-electron chi connectivity index (χ1n) is 9.44. The molecule has 0 unspecified atom stereocenters. The molecule has 7 heteroatoms. The summed E-state index contributed by atoms with van der Waals surface area (Å²) in [5, 5.41) is 7.23. The highest BCUT2D eigenvalue weighted by atomic mass is 19.1. The van der Waals surface area contributed by atoms with E-state index in [0.717, 1.165) is 49.4 Å². The van der Waals surface area contributed by atoms with Crippen LogP contribution in [0, 0.1) is 11.7 Å². The van der Waals surface area contributed by atoms with E-state index in [1.165, 1.54) is 12.1 Å². The van der Waals surface area contributed by atoms with Crippen LogP contribution in [-0.4, -0.2) is 65.3 Å². The van der Waals surface area contributed by atoms with Gasteiger partial charge in [0.1, 0.15) is 5.82 Å². The number of fused-ring (bicyclic) bond motifs is 1. The van der Waals surface area contributed by atoms with Gasteiger partial charge in [0.05, 0.1) is 24.9 Å². The van der Waals surface area contributed by atoms with Crippen LogP contribution >= 0.6 is 0 Å². The van der Waals surface area contributed by atoms with Crippen LogP contribution in [0.2, 0.25) is 0 Å². The molecule has 4 rings (SSSR count). The van der Waals surface area contributed by atoms with E-state index in [0.29, 0.717) is 25.0 Å². The average molecular weight is 372 g/mol. The molecule has 2 fully saturated rings. The number of amides is 1. The first kappa shape index (κ1) is 18.1. The summed E-state index contributed by atoms with van der Waals surface area (Å²) in [6.45, 7) is 4.10. The summed E-state index contributed by atoms with van der Waals surface area (Å²) >= 11 is 0. The Morgan fingerprint density at radius 2 is 2.15 bits per heavy atom. The fourth-order valence-electron chi connectivity index (χ4n) is 4.24. The number of nitrogens with zero attached hydrogens (tertiary/aromatic N) is 3. The van der Waals surface area contributed by atoms with Gasteiger partial charge in [-0.15, -0.1) is 0 Å². The first-order valence-corrected chi connectivity index (χ1v) is 9.44. The van der Waals surface area contributed by atoms with Crippen LogP contribution in [-0.2, 0) is 16.1 Å². The third-order valence-electron chi connectivity index (χ3n) is 5.69. The molecule has 1 aromatic carbocycles. The van der Waals surface area contributed by atoms with Crippen molar-refractivity contribution in [2.45, 2.75) is 25.4 Å². The summed E-state index contributed by atoms with van der Waals surface area (Å²) in [7, 11) is 1.63. The highest BCUT2D eigenvalue weighted by Gasteiger charge is 2.44. The maximum absolute atomic E-state index is 13.2. The smallest absolute Gasteiger partial charge is 0.225 e. The van der Waals surface area contributed by atoms with E-state index in [1.807, 2.05) is 11.1 Å². The summed E-state index contributed by atoms with van der Waals surface area (Å²) in [6, 6.07) is 6.86. The zero-order valence-corrected chi connectivity index (χ0v) is 15.5. The lowest BCUT2D eigenvalue weighted by atomic mass is 9.82. The third kappa shape index (κ3) is 3.75. The first-order chi connectivity index (χ1) is 13.2. The van der Waals surface area contributed by atoms with Crippen molar-refractivity contribution in [2.75, 3.05) is 33.4 Å². The fourth-order valence-corrected chi connectivity index (χ4v) is 4.24. The monoisotopic (exact) mass is 372 g/mol. The van der Waals surface area contributed by atoms with Crippen LogP contribution < -0.4 is 0 Å². The lowest BCUT2D eigenvalue weighted by molar-refractivity contribution is -0.149. The molecular weight excluding hydrogens is 347 g/mol. The molecule has 144 valence electrons. The minimum Gasteiger partial charge on any atom is -0.384 e. The second-order valence-corrected chi connectivity index (χ2v) is 7.42. The van der Waals surface area contributed by atoms with Crippen LogP contribution in [0.4, 0.5) is 4.39 Å². The molecule has 0 radical (unpaired) electrons. The number of rotatable bonds is 6. The van der Waals surface area contributed by atoms with Gasteiger partial charge in [-0.3, -0.25) is 14.8 Å². The minimum atomic E-state index is -0.239. The van der Waals surface area contributed by atoms with Crippen LogP contribution in [0.3, 0.4) is 0 Å². The van der Waals surface area contributed by atoms with E-state index >= 15 is 0 Å². The SMILES string of the molecule is COCCC(=O)N1C[C@@H]2CN(Cc3cn[nH]c3-c3ccc(F)cc3)CC[C@@H]21. The molecule has 2 atom stereocenters. The number of hydrogen-bond acceptors (Lipinski definition) is 4. The van der Waals surface area contributed by atoms with Crippen molar-refractivity contribution in [3.8, 4) is 11.3 Å². The van der Waals surface area contributed by atoms with Crippen molar-refractivity contribution >= 4 is 5.91 Å². The number of nitrogens with one attached hydrogen (secondary N) is 1. The molecule has 0 bridgehead atoms. The number of halogens is 1. The number of aromatic amines is 1. The van der Waals surface area contributed by atoms with E-state index in [1.54, 1.807) is 19.2 Å².